The van der Waals surface area contributed by atoms with Crippen LogP contribution in [-0.4, -0.2) is 23.6 Å². The lowest BCUT2D eigenvalue weighted by molar-refractivity contribution is 0.727. The number of rotatable bonds is 1. The maximum atomic E-state index is 9.19. The minimum absolute atomic E-state index is 0.630. The molecule has 0 radical (unpaired) electrons. The number of nitrogens with zero attached hydrogens (tertiary/aromatic N) is 2. The first-order valence-corrected chi connectivity index (χ1v) is 6.95. The van der Waals surface area contributed by atoms with Gasteiger partial charge in [-0.2, -0.15) is 17.0 Å². The molecule has 0 amide bonds. The van der Waals surface area contributed by atoms with Gasteiger partial charge in [0.25, 0.3) is 0 Å². The molecule has 2 nitrogen and oxygen atoms in total. The fourth-order valence-electron chi connectivity index (χ4n) is 2.37. The Morgan fingerprint density at radius 1 is 1.29 bits per heavy atom. The third-order valence-corrected chi connectivity index (χ3v) is 4.26. The largest absolute Gasteiger partial charge is 0.368 e. The van der Waals surface area contributed by atoms with Crippen molar-refractivity contribution in [2.75, 3.05) is 18.0 Å². The lowest BCUT2D eigenvalue weighted by Gasteiger charge is -2.36. The van der Waals surface area contributed by atoms with Crippen molar-refractivity contribution >= 4 is 17.4 Å². The molecule has 0 aliphatic carbocycles. The topological polar surface area (TPSA) is 27.0 Å². The van der Waals surface area contributed by atoms with Gasteiger partial charge in [-0.15, -0.1) is 0 Å². The molecular formula is C14H18N2S. The van der Waals surface area contributed by atoms with Crippen molar-refractivity contribution in [2.45, 2.75) is 31.3 Å². The van der Waals surface area contributed by atoms with Crippen molar-refractivity contribution < 1.29 is 0 Å². The molecule has 0 bridgehead atoms. The minimum Gasteiger partial charge on any atom is -0.368 e. The smallest absolute Gasteiger partial charge is 0.101 e. The summed E-state index contributed by atoms with van der Waals surface area (Å²) < 4.78 is 0. The molecule has 1 aliphatic heterocycles. The summed E-state index contributed by atoms with van der Waals surface area (Å²) in [6, 6.07) is 8.37. The maximum absolute atomic E-state index is 9.19. The van der Waals surface area contributed by atoms with E-state index in [2.05, 4.69) is 37.8 Å². The van der Waals surface area contributed by atoms with Crippen LogP contribution in [0.2, 0.25) is 0 Å². The predicted octanol–water partition coefficient (Wildman–Crippen LogP) is 3.20. The Balaban J connectivity index is 2.33. The average molecular weight is 246 g/mol. The summed E-state index contributed by atoms with van der Waals surface area (Å²) in [5.41, 5.74) is 3.12. The summed E-state index contributed by atoms with van der Waals surface area (Å²) in [6.07, 6.45) is 0. The van der Waals surface area contributed by atoms with E-state index in [9.17, 15) is 5.26 Å². The molecule has 1 aromatic rings. The maximum Gasteiger partial charge on any atom is 0.101 e. The van der Waals surface area contributed by atoms with Gasteiger partial charge in [0.05, 0.1) is 11.3 Å². The zero-order chi connectivity index (χ0) is 12.4. The highest BCUT2D eigenvalue weighted by atomic mass is 32.2. The molecule has 2 unspecified atom stereocenters. The Bertz CT molecular complexity index is 440. The second-order valence-electron chi connectivity index (χ2n) is 4.79. The molecule has 1 aliphatic rings. The van der Waals surface area contributed by atoms with E-state index < -0.39 is 0 Å². The molecule has 0 saturated carbocycles. The third-order valence-electron chi connectivity index (χ3n) is 3.03. The first-order chi connectivity index (χ1) is 8.10. The second-order valence-corrected chi connectivity index (χ2v) is 6.68. The third kappa shape index (κ3) is 2.76. The van der Waals surface area contributed by atoms with Crippen LogP contribution in [0.4, 0.5) is 5.69 Å². The number of thioether (sulfide) groups is 1. The van der Waals surface area contributed by atoms with Crippen molar-refractivity contribution in [3.63, 3.8) is 0 Å². The Kier molecular flexibility index (Phi) is 3.63. The second kappa shape index (κ2) is 5.01. The molecule has 2 rings (SSSR count). The normalized spacial score (nSPS) is 24.5. The lowest BCUT2D eigenvalue weighted by Crippen LogP contribution is -2.40. The predicted molar refractivity (Wildman–Crippen MR) is 74.6 cm³/mol. The van der Waals surface area contributed by atoms with E-state index in [1.54, 1.807) is 0 Å². The van der Waals surface area contributed by atoms with Crippen molar-refractivity contribution in [1.29, 1.82) is 5.26 Å². The van der Waals surface area contributed by atoms with Crippen LogP contribution in [0.15, 0.2) is 18.2 Å². The summed E-state index contributed by atoms with van der Waals surface area (Å²) >= 11 is 2.03. The first-order valence-electron chi connectivity index (χ1n) is 6.01. The summed E-state index contributed by atoms with van der Waals surface area (Å²) in [5, 5.41) is 10.5. The molecule has 1 aromatic carbocycles. The molecular weight excluding hydrogens is 228 g/mol. The van der Waals surface area contributed by atoms with Crippen molar-refractivity contribution in [3.05, 3.63) is 29.3 Å². The number of nitriles is 1. The summed E-state index contributed by atoms with van der Waals surface area (Å²) in [4.78, 5) is 2.36. The fourth-order valence-corrected chi connectivity index (χ4v) is 3.70. The van der Waals surface area contributed by atoms with Crippen LogP contribution in [0, 0.1) is 18.3 Å². The van der Waals surface area contributed by atoms with Gasteiger partial charge < -0.3 is 4.90 Å². The van der Waals surface area contributed by atoms with Gasteiger partial charge in [-0.05, 0) is 24.6 Å². The minimum atomic E-state index is 0.630. The van der Waals surface area contributed by atoms with Crippen LogP contribution in [0.5, 0.6) is 0 Å². The zero-order valence-electron chi connectivity index (χ0n) is 10.6. The molecule has 2 atom stereocenters. The Labute approximate surface area is 108 Å². The summed E-state index contributed by atoms with van der Waals surface area (Å²) in [5.74, 6) is 0. The highest BCUT2D eigenvalue weighted by Crippen LogP contribution is 2.30. The van der Waals surface area contributed by atoms with Crippen LogP contribution in [0.25, 0.3) is 0 Å². The Morgan fingerprint density at radius 2 is 1.94 bits per heavy atom. The van der Waals surface area contributed by atoms with Gasteiger partial charge in [0, 0.05) is 23.6 Å². The van der Waals surface area contributed by atoms with E-state index in [1.807, 2.05) is 23.9 Å². The Morgan fingerprint density at radius 3 is 2.53 bits per heavy atom. The van der Waals surface area contributed by atoms with Gasteiger partial charge in [-0.25, -0.2) is 0 Å². The van der Waals surface area contributed by atoms with Crippen LogP contribution in [0.1, 0.15) is 25.0 Å². The summed E-state index contributed by atoms with van der Waals surface area (Å²) in [6.45, 7) is 8.67. The van der Waals surface area contributed by atoms with E-state index in [-0.39, 0.29) is 0 Å². The lowest BCUT2D eigenvalue weighted by atomic mass is 10.1. The number of aryl methyl sites for hydroxylation is 1. The SMILES string of the molecule is Cc1ccc(C#N)c(N2CC(C)SC(C)C2)c1. The molecule has 17 heavy (non-hydrogen) atoms. The van der Waals surface area contributed by atoms with Crippen molar-refractivity contribution in [1.82, 2.24) is 0 Å². The van der Waals surface area contributed by atoms with Crippen molar-refractivity contribution in [3.8, 4) is 6.07 Å². The van der Waals surface area contributed by atoms with Crippen LogP contribution >= 0.6 is 11.8 Å². The first kappa shape index (κ1) is 12.3. The van der Waals surface area contributed by atoms with Crippen molar-refractivity contribution in [2.24, 2.45) is 0 Å². The molecule has 0 N–H and O–H groups in total. The number of benzene rings is 1. The van der Waals surface area contributed by atoms with E-state index >= 15 is 0 Å². The van der Waals surface area contributed by atoms with Crippen LogP contribution in [-0.2, 0) is 0 Å². The van der Waals surface area contributed by atoms with Gasteiger partial charge in [0.1, 0.15) is 6.07 Å². The van der Waals surface area contributed by atoms with Gasteiger partial charge in [-0.1, -0.05) is 19.9 Å². The summed E-state index contributed by atoms with van der Waals surface area (Å²) in [7, 11) is 0. The van der Waals surface area contributed by atoms with E-state index in [4.69, 9.17) is 0 Å². The number of anilines is 1. The molecule has 1 saturated heterocycles. The Hall–Kier alpha value is -1.14. The average Bonchev–Trinajstić information content (AvgIpc) is 2.27. The molecule has 0 spiro atoms. The molecule has 90 valence electrons. The fraction of sp³-hybridized carbons (Fsp3) is 0.500. The van der Waals surface area contributed by atoms with E-state index in [0.29, 0.717) is 10.5 Å². The zero-order valence-corrected chi connectivity index (χ0v) is 11.4. The highest BCUT2D eigenvalue weighted by Gasteiger charge is 2.23. The quantitative estimate of drug-likeness (QED) is 0.761. The highest BCUT2D eigenvalue weighted by molar-refractivity contribution is 8.00. The number of hydrogen-bond donors (Lipinski definition) is 0. The molecule has 1 heterocycles. The van der Waals surface area contributed by atoms with Gasteiger partial charge in [0.2, 0.25) is 0 Å². The number of hydrogen-bond acceptors (Lipinski definition) is 3. The van der Waals surface area contributed by atoms with Gasteiger partial charge in [0.15, 0.2) is 0 Å². The monoisotopic (exact) mass is 246 g/mol. The molecule has 3 heteroatoms. The van der Waals surface area contributed by atoms with Crippen LogP contribution < -0.4 is 4.90 Å². The van der Waals surface area contributed by atoms with Gasteiger partial charge >= 0.3 is 0 Å². The van der Waals surface area contributed by atoms with Crippen LogP contribution in [0.3, 0.4) is 0 Å². The van der Waals surface area contributed by atoms with E-state index in [0.717, 1.165) is 24.3 Å². The van der Waals surface area contributed by atoms with Gasteiger partial charge in [-0.3, -0.25) is 0 Å². The molecule has 1 fully saturated rings. The van der Waals surface area contributed by atoms with E-state index in [1.165, 1.54) is 5.56 Å². The standard InChI is InChI=1S/C14H18N2S/c1-10-4-5-13(7-15)14(6-10)16-8-11(2)17-12(3)9-16/h4-6,11-12H,8-9H2,1-3H3. The molecule has 0 aromatic heterocycles.